The van der Waals surface area contributed by atoms with E-state index in [0.29, 0.717) is 30.0 Å². The number of carbonyl (C=O) groups is 1. The van der Waals surface area contributed by atoms with Gasteiger partial charge in [0.15, 0.2) is 0 Å². The summed E-state index contributed by atoms with van der Waals surface area (Å²) in [7, 11) is 0. The van der Waals surface area contributed by atoms with Crippen LogP contribution in [0.1, 0.15) is 49.0 Å². The molecule has 0 heterocycles. The maximum absolute atomic E-state index is 13.3. The van der Waals surface area contributed by atoms with E-state index in [2.05, 4.69) is 31.0 Å². The van der Waals surface area contributed by atoms with E-state index in [-0.39, 0.29) is 12.5 Å². The van der Waals surface area contributed by atoms with E-state index in [1.54, 1.807) is 0 Å². The second kappa shape index (κ2) is 9.15. The lowest BCUT2D eigenvalue weighted by Gasteiger charge is -2.08. The molecule has 21 heavy (non-hydrogen) atoms. The first-order valence-corrected chi connectivity index (χ1v) is 7.22. The molecule has 0 atom stereocenters. The summed E-state index contributed by atoms with van der Waals surface area (Å²) in [6.45, 7) is 4.81. The van der Waals surface area contributed by atoms with Gasteiger partial charge in [-0.2, -0.15) is 0 Å². The second-order valence-electron chi connectivity index (χ2n) is 5.26. The van der Waals surface area contributed by atoms with Crippen molar-refractivity contribution in [2.24, 2.45) is 5.92 Å². The van der Waals surface area contributed by atoms with Gasteiger partial charge in [-0.3, -0.25) is 4.79 Å². The molecule has 1 rings (SSSR count). The molecule has 2 N–H and O–H groups in total. The van der Waals surface area contributed by atoms with Gasteiger partial charge in [0.1, 0.15) is 5.82 Å². The molecule has 1 amide bonds. The summed E-state index contributed by atoms with van der Waals surface area (Å²) in [6.07, 6.45) is 2.26. The predicted octanol–water partition coefficient (Wildman–Crippen LogP) is 2.73. The van der Waals surface area contributed by atoms with Crippen molar-refractivity contribution >= 4 is 5.91 Å². The van der Waals surface area contributed by atoms with Gasteiger partial charge in [0, 0.05) is 18.5 Å². The Labute approximate surface area is 125 Å². The van der Waals surface area contributed by atoms with Crippen LogP contribution < -0.4 is 5.32 Å². The molecule has 0 saturated carbocycles. The van der Waals surface area contributed by atoms with Crippen LogP contribution in [-0.4, -0.2) is 24.2 Å². The standard InChI is InChI=1S/C17H22FNO2/c1-13(2)6-5-10-19-17(21)16-9-8-15(18)12-14(16)7-3-4-11-20/h8-9,12-13,20H,4-6,10-11H2,1-2H3,(H,19,21). The molecule has 0 aromatic heterocycles. The quantitative estimate of drug-likeness (QED) is 0.625. The van der Waals surface area contributed by atoms with Crippen LogP contribution in [0.25, 0.3) is 0 Å². The molecule has 1 aromatic carbocycles. The van der Waals surface area contributed by atoms with Crippen molar-refractivity contribution in [2.45, 2.75) is 33.1 Å². The SMILES string of the molecule is CC(C)CCCNC(=O)c1ccc(F)cc1C#CCCO. The number of halogens is 1. The van der Waals surface area contributed by atoms with E-state index in [0.717, 1.165) is 12.8 Å². The summed E-state index contributed by atoms with van der Waals surface area (Å²) in [6, 6.07) is 3.93. The van der Waals surface area contributed by atoms with Crippen LogP contribution in [0.3, 0.4) is 0 Å². The maximum atomic E-state index is 13.3. The Morgan fingerprint density at radius 1 is 1.43 bits per heavy atom. The molecule has 0 aliphatic carbocycles. The third-order valence-corrected chi connectivity index (χ3v) is 2.93. The molecule has 0 aliphatic rings. The summed E-state index contributed by atoms with van der Waals surface area (Å²) < 4.78 is 13.3. The number of hydrogen-bond donors (Lipinski definition) is 2. The summed E-state index contributed by atoms with van der Waals surface area (Å²) >= 11 is 0. The summed E-state index contributed by atoms with van der Waals surface area (Å²) in [5, 5.41) is 11.5. The zero-order chi connectivity index (χ0) is 15.7. The van der Waals surface area contributed by atoms with Crippen LogP contribution in [-0.2, 0) is 0 Å². The van der Waals surface area contributed by atoms with E-state index in [1.165, 1.54) is 18.2 Å². The Bertz CT molecular complexity index is 529. The number of aliphatic hydroxyl groups excluding tert-OH is 1. The molecule has 0 fully saturated rings. The van der Waals surface area contributed by atoms with Crippen molar-refractivity contribution in [1.29, 1.82) is 0 Å². The third kappa shape index (κ3) is 6.42. The van der Waals surface area contributed by atoms with Crippen molar-refractivity contribution in [2.75, 3.05) is 13.2 Å². The molecule has 0 bridgehead atoms. The first kappa shape index (κ1) is 17.2. The van der Waals surface area contributed by atoms with Crippen LogP contribution in [0.15, 0.2) is 18.2 Å². The van der Waals surface area contributed by atoms with Crippen LogP contribution in [0, 0.1) is 23.6 Å². The largest absolute Gasteiger partial charge is 0.395 e. The maximum Gasteiger partial charge on any atom is 0.252 e. The van der Waals surface area contributed by atoms with Gasteiger partial charge in [-0.25, -0.2) is 4.39 Å². The first-order valence-electron chi connectivity index (χ1n) is 7.22. The Morgan fingerprint density at radius 2 is 2.19 bits per heavy atom. The number of aliphatic hydroxyl groups is 1. The zero-order valence-electron chi connectivity index (χ0n) is 12.6. The van der Waals surface area contributed by atoms with E-state index in [4.69, 9.17) is 5.11 Å². The minimum Gasteiger partial charge on any atom is -0.395 e. The fourth-order valence-corrected chi connectivity index (χ4v) is 1.84. The highest BCUT2D eigenvalue weighted by Crippen LogP contribution is 2.11. The van der Waals surface area contributed by atoms with Gasteiger partial charge in [-0.05, 0) is 37.0 Å². The van der Waals surface area contributed by atoms with E-state index >= 15 is 0 Å². The van der Waals surface area contributed by atoms with Crippen molar-refractivity contribution in [1.82, 2.24) is 5.32 Å². The number of benzene rings is 1. The normalized spacial score (nSPS) is 10.1. The monoisotopic (exact) mass is 291 g/mol. The summed E-state index contributed by atoms with van der Waals surface area (Å²) in [5.41, 5.74) is 0.719. The predicted molar refractivity (Wildman–Crippen MR) is 81.4 cm³/mol. The lowest BCUT2D eigenvalue weighted by molar-refractivity contribution is 0.0952. The number of rotatable bonds is 6. The molecular formula is C17H22FNO2. The Balaban J connectivity index is 2.72. The Kier molecular flexibility index (Phi) is 7.49. The molecule has 114 valence electrons. The van der Waals surface area contributed by atoms with E-state index in [9.17, 15) is 9.18 Å². The fraction of sp³-hybridized carbons (Fsp3) is 0.471. The van der Waals surface area contributed by atoms with Gasteiger partial charge < -0.3 is 10.4 Å². The number of carbonyl (C=O) groups excluding carboxylic acids is 1. The minimum absolute atomic E-state index is 0.0565. The van der Waals surface area contributed by atoms with Crippen molar-refractivity contribution < 1.29 is 14.3 Å². The molecular weight excluding hydrogens is 269 g/mol. The number of hydrogen-bond acceptors (Lipinski definition) is 2. The molecule has 0 radical (unpaired) electrons. The highest BCUT2D eigenvalue weighted by molar-refractivity contribution is 5.96. The second-order valence-corrected chi connectivity index (χ2v) is 5.26. The van der Waals surface area contributed by atoms with Gasteiger partial charge in [0.2, 0.25) is 0 Å². The molecule has 0 saturated heterocycles. The Morgan fingerprint density at radius 3 is 2.86 bits per heavy atom. The van der Waals surface area contributed by atoms with E-state index in [1.807, 2.05) is 0 Å². The fourth-order valence-electron chi connectivity index (χ4n) is 1.84. The van der Waals surface area contributed by atoms with Crippen molar-refractivity contribution in [3.63, 3.8) is 0 Å². The molecule has 1 aromatic rings. The van der Waals surface area contributed by atoms with Gasteiger partial charge in [-0.1, -0.05) is 25.7 Å². The molecule has 0 unspecified atom stereocenters. The average molecular weight is 291 g/mol. The number of amides is 1. The minimum atomic E-state index is -0.431. The molecule has 4 heteroatoms. The lowest BCUT2D eigenvalue weighted by atomic mass is 10.1. The summed E-state index contributed by atoms with van der Waals surface area (Å²) in [5.74, 6) is 5.37. The molecule has 0 aliphatic heterocycles. The number of nitrogens with one attached hydrogen (secondary N) is 1. The third-order valence-electron chi connectivity index (χ3n) is 2.93. The van der Waals surface area contributed by atoms with Gasteiger partial charge in [0.05, 0.1) is 12.2 Å². The molecule has 0 spiro atoms. The van der Waals surface area contributed by atoms with Crippen LogP contribution in [0.2, 0.25) is 0 Å². The van der Waals surface area contributed by atoms with Crippen LogP contribution >= 0.6 is 0 Å². The lowest BCUT2D eigenvalue weighted by Crippen LogP contribution is -2.25. The van der Waals surface area contributed by atoms with Crippen molar-refractivity contribution in [3.05, 3.63) is 35.1 Å². The average Bonchev–Trinajstić information content (AvgIpc) is 2.43. The summed E-state index contributed by atoms with van der Waals surface area (Å²) in [4.78, 5) is 12.1. The highest BCUT2D eigenvalue weighted by Gasteiger charge is 2.10. The molecule has 3 nitrogen and oxygen atoms in total. The van der Waals surface area contributed by atoms with Crippen LogP contribution in [0.4, 0.5) is 4.39 Å². The van der Waals surface area contributed by atoms with Gasteiger partial charge >= 0.3 is 0 Å². The van der Waals surface area contributed by atoms with Gasteiger partial charge in [0.25, 0.3) is 5.91 Å². The smallest absolute Gasteiger partial charge is 0.252 e. The van der Waals surface area contributed by atoms with Crippen LogP contribution in [0.5, 0.6) is 0 Å². The van der Waals surface area contributed by atoms with Gasteiger partial charge in [-0.15, -0.1) is 0 Å². The van der Waals surface area contributed by atoms with Crippen molar-refractivity contribution in [3.8, 4) is 11.8 Å². The first-order chi connectivity index (χ1) is 10.0. The Hall–Kier alpha value is -1.86. The van der Waals surface area contributed by atoms with E-state index < -0.39 is 5.82 Å². The zero-order valence-corrected chi connectivity index (χ0v) is 12.6. The topological polar surface area (TPSA) is 49.3 Å². The highest BCUT2D eigenvalue weighted by atomic mass is 19.1.